The molecule has 2 heterocycles. The molecule has 0 N–H and O–H groups in total. The van der Waals surface area contributed by atoms with Gasteiger partial charge in [0.15, 0.2) is 5.16 Å². The zero-order valence-corrected chi connectivity index (χ0v) is 20.8. The van der Waals surface area contributed by atoms with E-state index in [1.165, 1.54) is 43.9 Å². The quantitative estimate of drug-likeness (QED) is 0.540. The van der Waals surface area contributed by atoms with Crippen molar-refractivity contribution in [2.45, 2.75) is 57.0 Å². The Balaban J connectivity index is 1.23. The smallest absolute Gasteiger partial charge is 0.233 e. The number of amides is 2. The number of benzene rings is 1. The maximum absolute atomic E-state index is 12.8. The van der Waals surface area contributed by atoms with Crippen LogP contribution in [0.1, 0.15) is 50.5 Å². The van der Waals surface area contributed by atoms with Gasteiger partial charge in [0.25, 0.3) is 0 Å². The highest BCUT2D eigenvalue weighted by Crippen LogP contribution is 2.28. The molecule has 0 bridgehead atoms. The van der Waals surface area contributed by atoms with E-state index in [0.717, 1.165) is 23.6 Å². The number of hydrogen-bond donors (Lipinski definition) is 0. The number of rotatable bonds is 7. The zero-order chi connectivity index (χ0) is 23.2. The molecule has 7 nitrogen and oxygen atoms in total. The van der Waals surface area contributed by atoms with E-state index in [9.17, 15) is 9.59 Å². The van der Waals surface area contributed by atoms with E-state index in [-0.39, 0.29) is 17.6 Å². The van der Waals surface area contributed by atoms with Crippen molar-refractivity contribution >= 4 is 35.2 Å². The van der Waals surface area contributed by atoms with E-state index in [0.29, 0.717) is 42.8 Å². The van der Waals surface area contributed by atoms with Crippen molar-refractivity contribution in [3.8, 4) is 5.69 Å². The molecule has 2 aromatic rings. The second-order valence-electron chi connectivity index (χ2n) is 9.01. The summed E-state index contributed by atoms with van der Waals surface area (Å²) in [7, 11) is 0. The first kappa shape index (κ1) is 24.1. The van der Waals surface area contributed by atoms with Crippen LogP contribution in [0.15, 0.2) is 29.7 Å². The van der Waals surface area contributed by atoms with E-state index >= 15 is 0 Å². The molecule has 2 aliphatic rings. The molecule has 1 saturated carbocycles. The maximum atomic E-state index is 12.8. The van der Waals surface area contributed by atoms with Crippen molar-refractivity contribution in [3.05, 3.63) is 35.1 Å². The van der Waals surface area contributed by atoms with Gasteiger partial charge in [-0.3, -0.25) is 14.2 Å². The second-order valence-corrected chi connectivity index (χ2v) is 10.4. The number of carbonyl (C=O) groups excluding carboxylic acids is 2. The van der Waals surface area contributed by atoms with Gasteiger partial charge >= 0.3 is 0 Å². The molecule has 33 heavy (non-hydrogen) atoms. The van der Waals surface area contributed by atoms with Crippen molar-refractivity contribution < 1.29 is 9.59 Å². The van der Waals surface area contributed by atoms with Gasteiger partial charge in [-0.2, -0.15) is 0 Å². The van der Waals surface area contributed by atoms with Crippen LogP contribution in [0.25, 0.3) is 5.69 Å². The molecule has 1 aromatic heterocycles. The summed E-state index contributed by atoms with van der Waals surface area (Å²) >= 11 is 7.62. The molecule has 0 atom stereocenters. The number of thioether (sulfide) groups is 1. The molecule has 1 aromatic carbocycles. The third-order valence-electron chi connectivity index (χ3n) is 6.75. The summed E-state index contributed by atoms with van der Waals surface area (Å²) in [5.74, 6) is 1.31. The van der Waals surface area contributed by atoms with Crippen LogP contribution in [0.3, 0.4) is 0 Å². The molecule has 2 fully saturated rings. The van der Waals surface area contributed by atoms with E-state index in [2.05, 4.69) is 10.2 Å². The maximum Gasteiger partial charge on any atom is 0.233 e. The summed E-state index contributed by atoms with van der Waals surface area (Å²) in [6, 6.07) is 5.78. The van der Waals surface area contributed by atoms with Crippen LogP contribution in [-0.4, -0.2) is 68.3 Å². The van der Waals surface area contributed by atoms with Gasteiger partial charge in [-0.1, -0.05) is 61.5 Å². The average molecular weight is 490 g/mol. The lowest BCUT2D eigenvalue weighted by atomic mass is 9.86. The first-order valence-corrected chi connectivity index (χ1v) is 13.2. The third kappa shape index (κ3) is 6.29. The molecule has 0 unspecified atom stereocenters. The summed E-state index contributed by atoms with van der Waals surface area (Å²) < 4.78 is 1.84. The molecule has 0 spiro atoms. The molecule has 9 heteroatoms. The van der Waals surface area contributed by atoms with Gasteiger partial charge < -0.3 is 9.80 Å². The molecular weight excluding hydrogens is 458 g/mol. The minimum Gasteiger partial charge on any atom is -0.339 e. The van der Waals surface area contributed by atoms with Crippen LogP contribution >= 0.6 is 23.4 Å². The Hall–Kier alpha value is -2.06. The highest BCUT2D eigenvalue weighted by molar-refractivity contribution is 7.99. The second kappa shape index (κ2) is 11.4. The standard InChI is InChI=1S/C24H32ClN5O2S/c1-18-7-9-20(15-21(18)25)30-17-26-27-24(30)33-16-23(32)29-13-11-28(12-14-29)22(31)10-8-19-5-3-2-4-6-19/h7,9,15,17,19H,2-6,8,10-14,16H2,1H3. The summed E-state index contributed by atoms with van der Waals surface area (Å²) in [4.78, 5) is 29.2. The fourth-order valence-electron chi connectivity index (χ4n) is 4.62. The lowest BCUT2D eigenvalue weighted by Crippen LogP contribution is -2.51. The Bertz CT molecular complexity index is 968. The number of nitrogens with zero attached hydrogens (tertiary/aromatic N) is 5. The van der Waals surface area contributed by atoms with E-state index in [1.807, 2.05) is 39.5 Å². The van der Waals surface area contributed by atoms with Gasteiger partial charge in [0.2, 0.25) is 11.8 Å². The number of aromatic nitrogens is 3. The highest BCUT2D eigenvalue weighted by atomic mass is 35.5. The largest absolute Gasteiger partial charge is 0.339 e. The summed E-state index contributed by atoms with van der Waals surface area (Å²) in [6.07, 6.45) is 9.81. The van der Waals surface area contributed by atoms with Crippen LogP contribution in [0, 0.1) is 12.8 Å². The van der Waals surface area contributed by atoms with Crippen molar-refractivity contribution in [1.29, 1.82) is 0 Å². The normalized spacial score (nSPS) is 17.4. The number of halogens is 1. The Kier molecular flexibility index (Phi) is 8.30. The van der Waals surface area contributed by atoms with Crippen LogP contribution in [-0.2, 0) is 9.59 Å². The number of hydrogen-bond acceptors (Lipinski definition) is 5. The van der Waals surface area contributed by atoms with Crippen molar-refractivity contribution in [3.63, 3.8) is 0 Å². The van der Waals surface area contributed by atoms with Gasteiger partial charge in [-0.15, -0.1) is 10.2 Å². The van der Waals surface area contributed by atoms with Gasteiger partial charge in [-0.05, 0) is 37.0 Å². The summed E-state index contributed by atoms with van der Waals surface area (Å²) in [5, 5.41) is 9.50. The summed E-state index contributed by atoms with van der Waals surface area (Å²) in [5.41, 5.74) is 1.87. The minimum atomic E-state index is 0.0609. The van der Waals surface area contributed by atoms with Crippen LogP contribution in [0.5, 0.6) is 0 Å². The molecule has 1 aliphatic heterocycles. The lowest BCUT2D eigenvalue weighted by molar-refractivity contribution is -0.138. The molecular formula is C24H32ClN5O2S. The number of piperazine rings is 1. The molecule has 2 amide bonds. The van der Waals surface area contributed by atoms with Gasteiger partial charge in [0.05, 0.1) is 11.4 Å². The Morgan fingerprint density at radius 3 is 2.45 bits per heavy atom. The third-order valence-corrected chi connectivity index (χ3v) is 8.09. The van der Waals surface area contributed by atoms with Crippen LogP contribution in [0.2, 0.25) is 5.02 Å². The summed E-state index contributed by atoms with van der Waals surface area (Å²) in [6.45, 7) is 4.39. The SMILES string of the molecule is Cc1ccc(-n2cnnc2SCC(=O)N2CCN(C(=O)CCC3CCCCC3)CC2)cc1Cl. The molecule has 4 rings (SSSR count). The predicted molar refractivity (Wildman–Crippen MR) is 131 cm³/mol. The fraction of sp³-hybridized carbons (Fsp3) is 0.583. The van der Waals surface area contributed by atoms with E-state index < -0.39 is 0 Å². The number of aryl methyl sites for hydroxylation is 1. The Morgan fingerprint density at radius 1 is 1.06 bits per heavy atom. The van der Waals surface area contributed by atoms with Gasteiger partial charge in [0, 0.05) is 37.6 Å². The fourth-order valence-corrected chi connectivity index (χ4v) is 5.62. The topological polar surface area (TPSA) is 71.3 Å². The van der Waals surface area contributed by atoms with E-state index in [1.54, 1.807) is 6.33 Å². The van der Waals surface area contributed by atoms with Gasteiger partial charge in [0.1, 0.15) is 6.33 Å². The number of carbonyl (C=O) groups is 2. The minimum absolute atomic E-state index is 0.0609. The molecule has 1 aliphatic carbocycles. The van der Waals surface area contributed by atoms with Crippen molar-refractivity contribution in [2.75, 3.05) is 31.9 Å². The first-order chi connectivity index (χ1) is 16.0. The Morgan fingerprint density at radius 2 is 1.76 bits per heavy atom. The zero-order valence-electron chi connectivity index (χ0n) is 19.2. The molecule has 0 radical (unpaired) electrons. The molecule has 1 saturated heterocycles. The first-order valence-electron chi connectivity index (χ1n) is 11.9. The van der Waals surface area contributed by atoms with E-state index in [4.69, 9.17) is 11.6 Å². The predicted octanol–water partition coefficient (Wildman–Crippen LogP) is 4.35. The van der Waals surface area contributed by atoms with Crippen molar-refractivity contribution in [2.24, 2.45) is 5.92 Å². The van der Waals surface area contributed by atoms with Crippen molar-refractivity contribution in [1.82, 2.24) is 24.6 Å². The van der Waals surface area contributed by atoms with Crippen LogP contribution in [0.4, 0.5) is 0 Å². The van der Waals surface area contributed by atoms with Gasteiger partial charge in [-0.25, -0.2) is 0 Å². The Labute approximate surface area is 204 Å². The average Bonchev–Trinajstić information content (AvgIpc) is 3.32. The molecule has 178 valence electrons. The highest BCUT2D eigenvalue weighted by Gasteiger charge is 2.25. The van der Waals surface area contributed by atoms with Crippen LogP contribution < -0.4 is 0 Å². The lowest BCUT2D eigenvalue weighted by Gasteiger charge is -2.35. The monoisotopic (exact) mass is 489 g/mol.